The predicted octanol–water partition coefficient (Wildman–Crippen LogP) is 3.40. The topological polar surface area (TPSA) is 84.5 Å². The first-order valence-electron chi connectivity index (χ1n) is 8.51. The van der Waals surface area contributed by atoms with E-state index in [2.05, 4.69) is 10.0 Å². The summed E-state index contributed by atoms with van der Waals surface area (Å²) < 4.78 is 59.6. The first-order valence-corrected chi connectivity index (χ1v) is 9.99. The smallest absolute Gasteiger partial charge is 0.244 e. The number of methoxy groups -OCH3 is 1. The van der Waals surface area contributed by atoms with Crippen molar-refractivity contribution in [2.24, 2.45) is 0 Å². The summed E-state index contributed by atoms with van der Waals surface area (Å²) in [5, 5.41) is 2.23. The molecule has 0 aliphatic rings. The van der Waals surface area contributed by atoms with E-state index in [1.165, 1.54) is 20.1 Å². The zero-order chi connectivity index (χ0) is 21.1. The Hall–Kier alpha value is -2.52. The monoisotopic (exact) mass is 412 g/mol. The van der Waals surface area contributed by atoms with Crippen LogP contribution < -0.4 is 14.8 Å². The zero-order valence-corrected chi connectivity index (χ0v) is 16.7. The van der Waals surface area contributed by atoms with Gasteiger partial charge < -0.3 is 10.1 Å². The Labute approximate surface area is 163 Å². The molecule has 1 amide bonds. The van der Waals surface area contributed by atoms with Gasteiger partial charge >= 0.3 is 0 Å². The van der Waals surface area contributed by atoms with Gasteiger partial charge in [0.15, 0.2) is 0 Å². The van der Waals surface area contributed by atoms with Gasteiger partial charge in [0.25, 0.3) is 0 Å². The van der Waals surface area contributed by atoms with E-state index in [0.29, 0.717) is 6.07 Å². The summed E-state index contributed by atoms with van der Waals surface area (Å²) in [6.07, 6.45) is 0. The molecule has 0 heterocycles. The maximum Gasteiger partial charge on any atom is 0.244 e. The molecule has 152 valence electrons. The number of benzene rings is 2. The fourth-order valence-electron chi connectivity index (χ4n) is 2.44. The number of ether oxygens (including phenoxy) is 1. The van der Waals surface area contributed by atoms with Gasteiger partial charge in [0.1, 0.15) is 22.3 Å². The Balaban J connectivity index is 2.23. The predicted molar refractivity (Wildman–Crippen MR) is 102 cm³/mol. The van der Waals surface area contributed by atoms with E-state index in [4.69, 9.17) is 4.74 Å². The Morgan fingerprint density at radius 3 is 2.32 bits per heavy atom. The molecule has 1 atom stereocenters. The molecule has 2 N–H and O–H groups in total. The Kier molecular flexibility index (Phi) is 6.73. The van der Waals surface area contributed by atoms with E-state index in [0.717, 1.165) is 17.7 Å². The zero-order valence-electron chi connectivity index (χ0n) is 15.9. The van der Waals surface area contributed by atoms with Gasteiger partial charge in [-0.15, -0.1) is 0 Å². The molecule has 2 aromatic carbocycles. The van der Waals surface area contributed by atoms with Crippen molar-refractivity contribution in [3.8, 4) is 5.75 Å². The Bertz CT molecular complexity index is 978. The molecule has 0 aliphatic carbocycles. The molecule has 0 aromatic heterocycles. The lowest BCUT2D eigenvalue weighted by molar-refractivity contribution is -0.117. The maximum absolute atomic E-state index is 13.7. The van der Waals surface area contributed by atoms with Crippen molar-refractivity contribution in [1.29, 1.82) is 0 Å². The number of anilines is 1. The molecule has 0 saturated heterocycles. The first-order chi connectivity index (χ1) is 13.0. The van der Waals surface area contributed by atoms with E-state index < -0.39 is 33.6 Å². The fraction of sp³-hybridized carbons (Fsp3) is 0.316. The number of rotatable bonds is 7. The molecule has 0 spiro atoms. The molecule has 0 saturated carbocycles. The van der Waals surface area contributed by atoms with Crippen LogP contribution in [-0.4, -0.2) is 27.5 Å². The summed E-state index contributed by atoms with van der Waals surface area (Å²) in [6, 6.07) is 6.22. The van der Waals surface area contributed by atoms with Crippen molar-refractivity contribution in [1.82, 2.24) is 4.72 Å². The highest BCUT2D eigenvalue weighted by Crippen LogP contribution is 2.28. The molecule has 2 rings (SSSR count). The lowest BCUT2D eigenvalue weighted by Gasteiger charge is -2.17. The average Bonchev–Trinajstić information content (AvgIpc) is 2.62. The number of carbonyl (C=O) groups is 1. The van der Waals surface area contributed by atoms with Crippen LogP contribution in [-0.2, 0) is 14.8 Å². The van der Waals surface area contributed by atoms with Crippen LogP contribution in [0.2, 0.25) is 0 Å². The van der Waals surface area contributed by atoms with Gasteiger partial charge in [0.2, 0.25) is 15.9 Å². The standard InChI is InChI=1S/C19H22F2N2O4S/c1-11(2)13-5-8-17(27-4)18(9-13)28(25,26)23-12(3)19(24)22-16-7-6-14(20)10-15(16)21/h5-12,23H,1-4H3,(H,22,24). The molecule has 0 aliphatic heterocycles. The Morgan fingerprint density at radius 1 is 1.07 bits per heavy atom. The van der Waals surface area contributed by atoms with Gasteiger partial charge in [-0.2, -0.15) is 4.72 Å². The van der Waals surface area contributed by atoms with E-state index in [-0.39, 0.29) is 22.3 Å². The summed E-state index contributed by atoms with van der Waals surface area (Å²) in [5.74, 6) is -2.33. The number of nitrogens with one attached hydrogen (secondary N) is 2. The second kappa shape index (κ2) is 8.66. The first kappa shape index (κ1) is 21.8. The van der Waals surface area contributed by atoms with Crippen LogP contribution in [0, 0.1) is 11.6 Å². The molecule has 28 heavy (non-hydrogen) atoms. The number of hydrogen-bond donors (Lipinski definition) is 2. The maximum atomic E-state index is 13.7. The van der Waals surface area contributed by atoms with Crippen LogP contribution in [0.3, 0.4) is 0 Å². The summed E-state index contributed by atoms with van der Waals surface area (Å²) in [7, 11) is -2.76. The summed E-state index contributed by atoms with van der Waals surface area (Å²) in [5.41, 5.74) is 0.531. The number of sulfonamides is 1. The van der Waals surface area contributed by atoms with Crippen LogP contribution in [0.1, 0.15) is 32.3 Å². The second-order valence-corrected chi connectivity index (χ2v) is 8.20. The number of hydrogen-bond acceptors (Lipinski definition) is 4. The average molecular weight is 412 g/mol. The molecule has 6 nitrogen and oxygen atoms in total. The molecule has 0 radical (unpaired) electrons. The molecular weight excluding hydrogens is 390 g/mol. The largest absolute Gasteiger partial charge is 0.495 e. The Morgan fingerprint density at radius 2 is 1.75 bits per heavy atom. The molecule has 9 heteroatoms. The van der Waals surface area contributed by atoms with E-state index in [1.807, 2.05) is 13.8 Å². The SMILES string of the molecule is COc1ccc(C(C)C)cc1S(=O)(=O)NC(C)C(=O)Nc1ccc(F)cc1F. The minimum Gasteiger partial charge on any atom is -0.495 e. The number of amides is 1. The lowest BCUT2D eigenvalue weighted by atomic mass is 10.0. The summed E-state index contributed by atoms with van der Waals surface area (Å²) in [6.45, 7) is 5.14. The third kappa shape index (κ3) is 5.05. The van der Waals surface area contributed by atoms with Crippen molar-refractivity contribution >= 4 is 21.6 Å². The third-order valence-electron chi connectivity index (χ3n) is 4.06. The van der Waals surface area contributed by atoms with E-state index in [9.17, 15) is 22.0 Å². The van der Waals surface area contributed by atoms with Crippen molar-refractivity contribution < 1.29 is 26.7 Å². The van der Waals surface area contributed by atoms with E-state index in [1.54, 1.807) is 12.1 Å². The normalized spacial score (nSPS) is 12.7. The minimum absolute atomic E-state index is 0.0852. The molecular formula is C19H22F2N2O4S. The summed E-state index contributed by atoms with van der Waals surface area (Å²) in [4.78, 5) is 12.2. The number of halogens is 2. The van der Waals surface area contributed by atoms with Crippen LogP contribution in [0.25, 0.3) is 0 Å². The highest BCUT2D eigenvalue weighted by atomic mass is 32.2. The van der Waals surface area contributed by atoms with Crippen LogP contribution in [0.4, 0.5) is 14.5 Å². The van der Waals surface area contributed by atoms with Crippen molar-refractivity contribution in [2.75, 3.05) is 12.4 Å². The second-order valence-electron chi connectivity index (χ2n) is 6.52. The molecule has 2 aromatic rings. The lowest BCUT2D eigenvalue weighted by Crippen LogP contribution is -2.41. The molecule has 1 unspecified atom stereocenters. The van der Waals surface area contributed by atoms with Crippen molar-refractivity contribution in [3.63, 3.8) is 0 Å². The van der Waals surface area contributed by atoms with Crippen LogP contribution in [0.5, 0.6) is 5.75 Å². The quantitative estimate of drug-likeness (QED) is 0.730. The number of carbonyl (C=O) groups excluding carboxylic acids is 1. The van der Waals surface area contributed by atoms with Gasteiger partial charge in [0, 0.05) is 6.07 Å². The van der Waals surface area contributed by atoms with Crippen molar-refractivity contribution in [2.45, 2.75) is 37.6 Å². The highest BCUT2D eigenvalue weighted by molar-refractivity contribution is 7.89. The highest BCUT2D eigenvalue weighted by Gasteiger charge is 2.26. The van der Waals surface area contributed by atoms with Gasteiger partial charge in [-0.05, 0) is 42.7 Å². The van der Waals surface area contributed by atoms with Crippen LogP contribution >= 0.6 is 0 Å². The molecule has 0 bridgehead atoms. The molecule has 0 fully saturated rings. The van der Waals surface area contributed by atoms with Gasteiger partial charge in [-0.25, -0.2) is 17.2 Å². The minimum atomic E-state index is -4.10. The summed E-state index contributed by atoms with van der Waals surface area (Å²) >= 11 is 0. The fourth-order valence-corrected chi connectivity index (χ4v) is 3.85. The third-order valence-corrected chi connectivity index (χ3v) is 5.62. The van der Waals surface area contributed by atoms with Gasteiger partial charge in [-0.1, -0.05) is 19.9 Å². The van der Waals surface area contributed by atoms with Gasteiger partial charge in [0.05, 0.1) is 18.8 Å². The van der Waals surface area contributed by atoms with E-state index >= 15 is 0 Å². The van der Waals surface area contributed by atoms with Crippen LogP contribution in [0.15, 0.2) is 41.3 Å². The van der Waals surface area contributed by atoms with Gasteiger partial charge in [-0.3, -0.25) is 4.79 Å². The van der Waals surface area contributed by atoms with Crippen molar-refractivity contribution in [3.05, 3.63) is 53.6 Å².